The van der Waals surface area contributed by atoms with E-state index in [4.69, 9.17) is 4.74 Å². The largest absolute Gasteiger partial charge is 0.368 e. The average Bonchev–Trinajstić information content (AvgIpc) is 3.44. The van der Waals surface area contributed by atoms with Crippen molar-refractivity contribution in [2.45, 2.75) is 70.6 Å². The zero-order valence-corrected chi connectivity index (χ0v) is 20.1. The lowest BCUT2D eigenvalue weighted by atomic mass is 9.89. The summed E-state index contributed by atoms with van der Waals surface area (Å²) >= 11 is 0. The third-order valence-corrected chi connectivity index (χ3v) is 7.84. The Hall–Kier alpha value is -2.25. The van der Waals surface area contributed by atoms with Gasteiger partial charge in [0.1, 0.15) is 18.7 Å². The molecule has 0 aliphatic carbocycles. The maximum Gasteiger partial charge on any atom is 0.251 e. The Labute approximate surface area is 196 Å². The molecule has 33 heavy (non-hydrogen) atoms. The highest BCUT2D eigenvalue weighted by molar-refractivity contribution is 5.99. The molecule has 1 aromatic carbocycles. The van der Waals surface area contributed by atoms with E-state index in [9.17, 15) is 14.4 Å². The normalized spacial score (nSPS) is 25.7. The monoisotopic (exact) mass is 455 g/mol. The number of hydrogen-bond acceptors (Lipinski definition) is 5. The third-order valence-electron chi connectivity index (χ3n) is 7.84. The van der Waals surface area contributed by atoms with E-state index in [-0.39, 0.29) is 36.2 Å². The van der Waals surface area contributed by atoms with Crippen LogP contribution in [0.15, 0.2) is 24.3 Å². The summed E-state index contributed by atoms with van der Waals surface area (Å²) in [7, 11) is 0. The molecule has 3 fully saturated rings. The minimum absolute atomic E-state index is 0.0408. The van der Waals surface area contributed by atoms with Crippen LogP contribution in [0, 0.1) is 5.92 Å². The summed E-state index contributed by atoms with van der Waals surface area (Å²) in [5.74, 6) is 0.0316. The number of nitrogens with zero attached hydrogens (tertiary/aromatic N) is 2. The smallest absolute Gasteiger partial charge is 0.251 e. The van der Waals surface area contributed by atoms with Crippen molar-refractivity contribution in [2.75, 3.05) is 32.8 Å². The molecule has 0 spiro atoms. The van der Waals surface area contributed by atoms with Gasteiger partial charge in [-0.2, -0.15) is 0 Å². The number of rotatable bonds is 7. The van der Waals surface area contributed by atoms with Crippen LogP contribution < -0.4 is 5.32 Å². The molecule has 0 aromatic heterocycles. The van der Waals surface area contributed by atoms with Gasteiger partial charge in [-0.05, 0) is 68.4 Å². The summed E-state index contributed by atoms with van der Waals surface area (Å²) in [4.78, 5) is 42.9. The number of fused-ring (bicyclic) bond motifs is 1. The number of likely N-dealkylation sites (tertiary alicyclic amines) is 2. The number of ketones is 1. The first kappa shape index (κ1) is 23.9. The Morgan fingerprint density at radius 1 is 1.09 bits per heavy atom. The molecule has 7 heteroatoms. The van der Waals surface area contributed by atoms with Crippen molar-refractivity contribution in [1.29, 1.82) is 0 Å². The Morgan fingerprint density at radius 3 is 2.42 bits per heavy atom. The summed E-state index contributed by atoms with van der Waals surface area (Å²) in [6.45, 7) is 10.1. The van der Waals surface area contributed by atoms with Crippen LogP contribution in [0.5, 0.6) is 0 Å². The van der Waals surface area contributed by atoms with Crippen LogP contribution in [0.25, 0.3) is 0 Å². The molecule has 4 rings (SSSR count). The molecular formula is C26H37N3O4. The van der Waals surface area contributed by atoms with Gasteiger partial charge in [0.05, 0.1) is 6.10 Å². The van der Waals surface area contributed by atoms with Crippen LogP contribution in [0.3, 0.4) is 0 Å². The maximum absolute atomic E-state index is 13.4. The quantitative estimate of drug-likeness (QED) is 0.684. The molecular weight excluding hydrogens is 418 g/mol. The first-order chi connectivity index (χ1) is 15.9. The van der Waals surface area contributed by atoms with Gasteiger partial charge in [0.25, 0.3) is 5.91 Å². The van der Waals surface area contributed by atoms with E-state index in [0.29, 0.717) is 24.4 Å². The highest BCUT2D eigenvalue weighted by atomic mass is 16.5. The zero-order valence-electron chi connectivity index (χ0n) is 20.1. The second-order valence-electron chi connectivity index (χ2n) is 9.75. The average molecular weight is 456 g/mol. The molecule has 4 atom stereocenters. The van der Waals surface area contributed by atoms with Gasteiger partial charge in [-0.3, -0.25) is 14.4 Å². The molecule has 2 amide bonds. The number of ether oxygens (including phenoxy) is 1. The fourth-order valence-electron chi connectivity index (χ4n) is 5.42. The summed E-state index contributed by atoms with van der Waals surface area (Å²) in [5.41, 5.74) is 1.84. The fraction of sp³-hybridized carbons (Fsp3) is 0.654. The van der Waals surface area contributed by atoms with Crippen LogP contribution in [0.2, 0.25) is 0 Å². The van der Waals surface area contributed by atoms with Crippen molar-refractivity contribution in [1.82, 2.24) is 15.1 Å². The zero-order chi connectivity index (χ0) is 23.5. The van der Waals surface area contributed by atoms with Gasteiger partial charge in [-0.25, -0.2) is 0 Å². The molecule has 3 aliphatic rings. The van der Waals surface area contributed by atoms with Crippen LogP contribution in [-0.4, -0.2) is 78.4 Å². The number of benzene rings is 1. The number of hydrogen-bond donors (Lipinski definition) is 1. The number of carbonyl (C=O) groups is 3. The van der Waals surface area contributed by atoms with Gasteiger partial charge in [0, 0.05) is 12.1 Å². The molecule has 0 saturated carbocycles. The Morgan fingerprint density at radius 2 is 1.79 bits per heavy atom. The number of nitrogens with one attached hydrogen (secondary N) is 1. The number of piperidine rings is 1. The Balaban J connectivity index is 1.42. The van der Waals surface area contributed by atoms with Gasteiger partial charge < -0.3 is 19.9 Å². The predicted molar refractivity (Wildman–Crippen MR) is 126 cm³/mol. The van der Waals surface area contributed by atoms with Crippen LogP contribution in [0.4, 0.5) is 0 Å². The molecule has 0 unspecified atom stereocenters. The van der Waals surface area contributed by atoms with E-state index in [2.05, 4.69) is 29.3 Å². The summed E-state index contributed by atoms with van der Waals surface area (Å²) in [5, 5.41) is 2.98. The number of Topliss-reactive ketones (excluding diaryl/α,β-unsaturated/α-hetero) is 1. The van der Waals surface area contributed by atoms with Crippen molar-refractivity contribution >= 4 is 17.6 Å². The van der Waals surface area contributed by atoms with Gasteiger partial charge in [-0.1, -0.05) is 39.3 Å². The van der Waals surface area contributed by atoms with Gasteiger partial charge >= 0.3 is 0 Å². The van der Waals surface area contributed by atoms with E-state index >= 15 is 0 Å². The second-order valence-corrected chi connectivity index (χ2v) is 9.75. The van der Waals surface area contributed by atoms with Crippen LogP contribution >= 0.6 is 0 Å². The lowest BCUT2D eigenvalue weighted by Crippen LogP contribution is -2.54. The first-order valence-electron chi connectivity index (χ1n) is 12.5. The van der Waals surface area contributed by atoms with Crippen molar-refractivity contribution < 1.29 is 19.1 Å². The van der Waals surface area contributed by atoms with Crippen molar-refractivity contribution in [3.05, 3.63) is 35.4 Å². The summed E-state index contributed by atoms with van der Waals surface area (Å²) in [6, 6.07) is 6.69. The molecule has 0 bridgehead atoms. The van der Waals surface area contributed by atoms with Crippen LogP contribution in [0.1, 0.15) is 68.3 Å². The minimum atomic E-state index is -0.660. The molecule has 3 heterocycles. The van der Waals surface area contributed by atoms with Crippen molar-refractivity contribution in [3.63, 3.8) is 0 Å². The van der Waals surface area contributed by atoms with Crippen molar-refractivity contribution in [3.8, 4) is 0 Å². The number of carbonyl (C=O) groups excluding carboxylic acids is 3. The maximum atomic E-state index is 13.4. The van der Waals surface area contributed by atoms with Gasteiger partial charge in [0.15, 0.2) is 5.78 Å². The SMILES string of the molecule is CC[C@H](C)[C@H](NC(=O)c1ccc(C2CCN(CC)CC2)cc1)C(=O)N1CC[C@H]2OCC(=O)[C@H]21. The number of amides is 2. The first-order valence-corrected chi connectivity index (χ1v) is 12.5. The van der Waals surface area contributed by atoms with E-state index < -0.39 is 12.1 Å². The van der Waals surface area contributed by atoms with E-state index in [0.717, 1.165) is 38.9 Å². The van der Waals surface area contributed by atoms with Gasteiger partial charge in [0.2, 0.25) is 5.91 Å². The predicted octanol–water partition coefficient (Wildman–Crippen LogP) is 2.60. The molecule has 3 saturated heterocycles. The van der Waals surface area contributed by atoms with E-state index in [1.54, 1.807) is 4.90 Å². The minimum Gasteiger partial charge on any atom is -0.368 e. The van der Waals surface area contributed by atoms with Gasteiger partial charge in [-0.15, -0.1) is 0 Å². The topological polar surface area (TPSA) is 79.0 Å². The fourth-order valence-corrected chi connectivity index (χ4v) is 5.42. The highest BCUT2D eigenvalue weighted by Gasteiger charge is 2.48. The molecule has 1 N–H and O–H groups in total. The molecule has 1 aromatic rings. The third kappa shape index (κ3) is 4.99. The Bertz CT molecular complexity index is 863. The Kier molecular flexibility index (Phi) is 7.49. The summed E-state index contributed by atoms with van der Waals surface area (Å²) < 4.78 is 5.53. The molecule has 3 aliphatic heterocycles. The van der Waals surface area contributed by atoms with E-state index in [1.165, 1.54) is 5.56 Å². The van der Waals surface area contributed by atoms with Crippen molar-refractivity contribution in [2.24, 2.45) is 5.92 Å². The summed E-state index contributed by atoms with van der Waals surface area (Å²) in [6.07, 6.45) is 3.50. The highest BCUT2D eigenvalue weighted by Crippen LogP contribution is 2.30. The molecule has 180 valence electrons. The lowest BCUT2D eigenvalue weighted by molar-refractivity contribution is -0.139. The van der Waals surface area contributed by atoms with Crippen LogP contribution in [-0.2, 0) is 14.3 Å². The lowest BCUT2D eigenvalue weighted by Gasteiger charge is -2.31. The standard InChI is InChI=1S/C26H37N3O4/c1-4-17(3)23(26(32)29-15-12-22-24(29)21(30)16-33-22)27-25(31)20-8-6-18(7-9-20)19-10-13-28(5-2)14-11-19/h6-9,17,19,22-24H,4-5,10-16H2,1-3H3,(H,27,31)/t17-,22+,23-,24+/m0/s1. The second kappa shape index (κ2) is 10.3. The molecule has 7 nitrogen and oxygen atoms in total. The molecule has 0 radical (unpaired) electrons. The van der Waals surface area contributed by atoms with E-state index in [1.807, 2.05) is 26.0 Å².